The molecule has 82 valence electrons. The van der Waals surface area contributed by atoms with Crippen molar-refractivity contribution in [1.82, 2.24) is 0 Å². The molecule has 1 aromatic rings. The summed E-state index contributed by atoms with van der Waals surface area (Å²) in [6.45, 7) is 12.3. The largest absolute Gasteiger partial charge is 0.399 e. The average molecular weight is 195 g/mol. The maximum atomic E-state index is 5.53. The van der Waals surface area contributed by atoms with Crippen LogP contribution in [0.1, 0.15) is 53.0 Å². The van der Waals surface area contributed by atoms with Crippen LogP contribution in [0.25, 0.3) is 0 Å². The topological polar surface area (TPSA) is 26.0 Å². The van der Waals surface area contributed by atoms with Gasteiger partial charge in [-0.05, 0) is 23.6 Å². The number of nitrogens with two attached hydrogens (primary N) is 1. The number of benzene rings is 1. The van der Waals surface area contributed by atoms with Crippen LogP contribution in [0.5, 0.6) is 0 Å². The van der Waals surface area contributed by atoms with Crippen LogP contribution >= 0.6 is 0 Å². The van der Waals surface area contributed by atoms with Gasteiger partial charge in [0.05, 0.1) is 0 Å². The standard InChI is InChI=1S/C9H13N.2C2H6/c1-7(2)8-3-5-9(10)6-4-8;2*1-2/h3-7H,10H2,1-2H3;2*1-2H3. The first-order valence-electron chi connectivity index (χ1n) is 5.55. The van der Waals surface area contributed by atoms with Crippen molar-refractivity contribution in [2.45, 2.75) is 47.5 Å². The van der Waals surface area contributed by atoms with E-state index < -0.39 is 0 Å². The summed E-state index contributed by atoms with van der Waals surface area (Å²) in [6, 6.07) is 8.02. The summed E-state index contributed by atoms with van der Waals surface area (Å²) < 4.78 is 0. The van der Waals surface area contributed by atoms with Crippen molar-refractivity contribution in [3.63, 3.8) is 0 Å². The van der Waals surface area contributed by atoms with E-state index in [2.05, 4.69) is 26.0 Å². The van der Waals surface area contributed by atoms with Gasteiger partial charge in [0.1, 0.15) is 0 Å². The summed E-state index contributed by atoms with van der Waals surface area (Å²) in [5.74, 6) is 0.598. The molecule has 0 aromatic heterocycles. The molecule has 2 N–H and O–H groups in total. The molecule has 14 heavy (non-hydrogen) atoms. The van der Waals surface area contributed by atoms with Crippen molar-refractivity contribution < 1.29 is 0 Å². The maximum Gasteiger partial charge on any atom is 0.0314 e. The van der Waals surface area contributed by atoms with E-state index in [1.54, 1.807) is 0 Å². The van der Waals surface area contributed by atoms with Crippen molar-refractivity contribution in [3.05, 3.63) is 29.8 Å². The number of hydrogen-bond donors (Lipinski definition) is 1. The van der Waals surface area contributed by atoms with Crippen LogP contribution < -0.4 is 5.73 Å². The van der Waals surface area contributed by atoms with Crippen LogP contribution in [0.3, 0.4) is 0 Å². The molecule has 0 fully saturated rings. The molecule has 0 heterocycles. The Morgan fingerprint density at radius 2 is 1.21 bits per heavy atom. The second-order valence-electron chi connectivity index (χ2n) is 2.82. The van der Waals surface area contributed by atoms with Gasteiger partial charge in [-0.25, -0.2) is 0 Å². The molecular formula is C13H25N. The maximum absolute atomic E-state index is 5.53. The molecule has 0 aliphatic heterocycles. The van der Waals surface area contributed by atoms with Crippen molar-refractivity contribution in [2.24, 2.45) is 0 Å². The third-order valence-corrected chi connectivity index (χ3v) is 1.60. The molecule has 0 radical (unpaired) electrons. The molecule has 1 aromatic carbocycles. The minimum Gasteiger partial charge on any atom is -0.399 e. The first-order chi connectivity index (χ1) is 6.70. The lowest BCUT2D eigenvalue weighted by molar-refractivity contribution is 0.867. The van der Waals surface area contributed by atoms with E-state index in [1.165, 1.54) is 5.56 Å². The minimum atomic E-state index is 0.598. The normalized spacial score (nSPS) is 8.21. The first kappa shape index (κ1) is 15.5. The summed E-state index contributed by atoms with van der Waals surface area (Å²) in [7, 11) is 0. The molecule has 0 atom stereocenters. The van der Waals surface area contributed by atoms with E-state index >= 15 is 0 Å². The van der Waals surface area contributed by atoms with Crippen LogP contribution in [0, 0.1) is 0 Å². The molecular weight excluding hydrogens is 170 g/mol. The molecule has 0 saturated carbocycles. The number of rotatable bonds is 1. The second kappa shape index (κ2) is 10.1. The first-order valence-corrected chi connectivity index (χ1v) is 5.55. The molecule has 0 bridgehead atoms. The average Bonchev–Trinajstić information content (AvgIpc) is 2.24. The van der Waals surface area contributed by atoms with Crippen LogP contribution in [-0.4, -0.2) is 0 Å². The van der Waals surface area contributed by atoms with Gasteiger partial charge in [0.25, 0.3) is 0 Å². The zero-order valence-corrected chi connectivity index (χ0v) is 10.5. The molecule has 0 saturated heterocycles. The Balaban J connectivity index is 0. The zero-order chi connectivity index (χ0) is 11.6. The van der Waals surface area contributed by atoms with Gasteiger partial charge in [-0.1, -0.05) is 53.7 Å². The fourth-order valence-electron chi connectivity index (χ4n) is 0.881. The van der Waals surface area contributed by atoms with Crippen LogP contribution in [0.2, 0.25) is 0 Å². The molecule has 1 heteroatoms. The Kier molecular flexibility index (Phi) is 11.2. The zero-order valence-electron chi connectivity index (χ0n) is 10.5. The number of anilines is 1. The van der Waals surface area contributed by atoms with Gasteiger partial charge in [-0.15, -0.1) is 0 Å². The van der Waals surface area contributed by atoms with Gasteiger partial charge >= 0.3 is 0 Å². The highest BCUT2D eigenvalue weighted by molar-refractivity contribution is 5.39. The Morgan fingerprint density at radius 3 is 1.50 bits per heavy atom. The molecule has 1 nitrogen and oxygen atoms in total. The Labute approximate surface area is 89.3 Å². The van der Waals surface area contributed by atoms with Crippen molar-refractivity contribution in [3.8, 4) is 0 Å². The Hall–Kier alpha value is -0.980. The fourth-order valence-corrected chi connectivity index (χ4v) is 0.881. The van der Waals surface area contributed by atoms with Crippen LogP contribution in [0.4, 0.5) is 5.69 Å². The van der Waals surface area contributed by atoms with Crippen LogP contribution in [0.15, 0.2) is 24.3 Å². The van der Waals surface area contributed by atoms with Crippen molar-refractivity contribution >= 4 is 5.69 Å². The van der Waals surface area contributed by atoms with Crippen LogP contribution in [-0.2, 0) is 0 Å². The highest BCUT2D eigenvalue weighted by atomic mass is 14.5. The highest BCUT2D eigenvalue weighted by Crippen LogP contribution is 2.14. The minimum absolute atomic E-state index is 0.598. The monoisotopic (exact) mass is 195 g/mol. The number of hydrogen-bond acceptors (Lipinski definition) is 1. The molecule has 1 rings (SSSR count). The lowest BCUT2D eigenvalue weighted by Gasteiger charge is -2.03. The lowest BCUT2D eigenvalue weighted by atomic mass is 10.0. The van der Waals surface area contributed by atoms with Gasteiger partial charge < -0.3 is 5.73 Å². The summed E-state index contributed by atoms with van der Waals surface area (Å²) >= 11 is 0. The summed E-state index contributed by atoms with van der Waals surface area (Å²) in [6.07, 6.45) is 0. The SMILES string of the molecule is CC.CC.CC(C)c1ccc(N)cc1. The smallest absolute Gasteiger partial charge is 0.0314 e. The molecule has 0 unspecified atom stereocenters. The van der Waals surface area contributed by atoms with E-state index in [-0.39, 0.29) is 0 Å². The third kappa shape index (κ3) is 6.53. The third-order valence-electron chi connectivity index (χ3n) is 1.60. The van der Waals surface area contributed by atoms with E-state index in [0.717, 1.165) is 5.69 Å². The molecule has 0 spiro atoms. The van der Waals surface area contributed by atoms with E-state index in [1.807, 2.05) is 39.8 Å². The molecule has 0 aliphatic rings. The number of nitrogen functional groups attached to an aromatic ring is 1. The quantitative estimate of drug-likeness (QED) is 0.658. The fraction of sp³-hybridized carbons (Fsp3) is 0.538. The Morgan fingerprint density at radius 1 is 0.857 bits per heavy atom. The molecule has 0 amide bonds. The Bertz CT molecular complexity index is 199. The van der Waals surface area contributed by atoms with Gasteiger partial charge in [-0.3, -0.25) is 0 Å². The van der Waals surface area contributed by atoms with E-state index in [4.69, 9.17) is 5.73 Å². The second-order valence-corrected chi connectivity index (χ2v) is 2.82. The van der Waals surface area contributed by atoms with E-state index in [0.29, 0.717) is 5.92 Å². The highest BCUT2D eigenvalue weighted by Gasteiger charge is 1.95. The van der Waals surface area contributed by atoms with Crippen molar-refractivity contribution in [1.29, 1.82) is 0 Å². The molecule has 0 aliphatic carbocycles. The summed E-state index contributed by atoms with van der Waals surface area (Å²) in [4.78, 5) is 0. The van der Waals surface area contributed by atoms with Gasteiger partial charge in [0.2, 0.25) is 0 Å². The lowest BCUT2D eigenvalue weighted by Crippen LogP contribution is -1.88. The van der Waals surface area contributed by atoms with Gasteiger partial charge in [-0.2, -0.15) is 0 Å². The van der Waals surface area contributed by atoms with Gasteiger partial charge in [0.15, 0.2) is 0 Å². The summed E-state index contributed by atoms with van der Waals surface area (Å²) in [5.41, 5.74) is 7.71. The van der Waals surface area contributed by atoms with Gasteiger partial charge in [0, 0.05) is 5.69 Å². The van der Waals surface area contributed by atoms with Crippen molar-refractivity contribution in [2.75, 3.05) is 5.73 Å². The summed E-state index contributed by atoms with van der Waals surface area (Å²) in [5, 5.41) is 0. The predicted molar refractivity (Wildman–Crippen MR) is 67.6 cm³/mol. The van der Waals surface area contributed by atoms with E-state index in [9.17, 15) is 0 Å². The predicted octanol–water partition coefficient (Wildman–Crippen LogP) is 4.44.